The van der Waals surface area contributed by atoms with Gasteiger partial charge in [-0.1, -0.05) is 25.3 Å². The number of hydrazine groups is 1. The molecule has 0 amide bonds. The van der Waals surface area contributed by atoms with Crippen molar-refractivity contribution in [1.29, 1.82) is 0 Å². The zero-order valence-electron chi connectivity index (χ0n) is 9.48. The summed E-state index contributed by atoms with van der Waals surface area (Å²) < 4.78 is 0. The number of pyridine rings is 1. The van der Waals surface area contributed by atoms with E-state index in [9.17, 15) is 0 Å². The minimum atomic E-state index is 0.728. The van der Waals surface area contributed by atoms with E-state index in [0.29, 0.717) is 0 Å². The summed E-state index contributed by atoms with van der Waals surface area (Å²) in [4.78, 5) is 4.21. The predicted octanol–water partition coefficient (Wildman–Crippen LogP) is 2.93. The molecule has 3 nitrogen and oxygen atoms in total. The van der Waals surface area contributed by atoms with Crippen molar-refractivity contribution in [2.45, 2.75) is 43.1 Å². The second-order valence-electron chi connectivity index (χ2n) is 4.27. The Morgan fingerprint density at radius 1 is 1.31 bits per heavy atom. The van der Waals surface area contributed by atoms with Crippen LogP contribution in [0.3, 0.4) is 0 Å². The van der Waals surface area contributed by atoms with Gasteiger partial charge in [0.2, 0.25) is 0 Å². The van der Waals surface area contributed by atoms with Gasteiger partial charge < -0.3 is 5.43 Å². The Morgan fingerprint density at radius 2 is 2.12 bits per heavy atom. The van der Waals surface area contributed by atoms with Crippen molar-refractivity contribution in [3.8, 4) is 0 Å². The van der Waals surface area contributed by atoms with Gasteiger partial charge in [0.05, 0.1) is 0 Å². The van der Waals surface area contributed by atoms with Crippen molar-refractivity contribution in [3.05, 3.63) is 23.9 Å². The largest absolute Gasteiger partial charge is 0.308 e. The first kappa shape index (κ1) is 11.7. The quantitative estimate of drug-likeness (QED) is 0.624. The van der Waals surface area contributed by atoms with Gasteiger partial charge in [0.1, 0.15) is 5.82 Å². The fraction of sp³-hybridized carbons (Fsp3) is 0.583. The summed E-state index contributed by atoms with van der Waals surface area (Å²) in [5.74, 6) is 7.07. The van der Waals surface area contributed by atoms with Gasteiger partial charge in [-0.15, -0.1) is 0 Å². The number of aromatic nitrogens is 1. The maximum Gasteiger partial charge on any atom is 0.139 e. The summed E-state index contributed by atoms with van der Waals surface area (Å²) in [6, 6.07) is 4.02. The molecule has 1 heterocycles. The summed E-state index contributed by atoms with van der Waals surface area (Å²) in [7, 11) is 0. The summed E-state index contributed by atoms with van der Waals surface area (Å²) in [5, 5.41) is 0.862. The summed E-state index contributed by atoms with van der Waals surface area (Å²) >= 11 is 2.07. The maximum absolute atomic E-state index is 5.27. The van der Waals surface area contributed by atoms with Crippen LogP contribution in [0.4, 0.5) is 5.82 Å². The van der Waals surface area contributed by atoms with Crippen LogP contribution in [-0.4, -0.2) is 10.2 Å². The molecule has 1 aliphatic rings. The standard InChI is InChI=1S/C12H19N3S/c13-15-12-7-6-10(8-14-12)9-16-11-4-2-1-3-5-11/h6-8,11H,1-5,9,13H2,(H,14,15). The van der Waals surface area contributed by atoms with Gasteiger partial charge in [0, 0.05) is 17.2 Å². The molecule has 4 heteroatoms. The fourth-order valence-electron chi connectivity index (χ4n) is 2.04. The number of hydrogen-bond acceptors (Lipinski definition) is 4. The van der Waals surface area contributed by atoms with Gasteiger partial charge in [-0.05, 0) is 24.5 Å². The molecular weight excluding hydrogens is 218 g/mol. The molecule has 16 heavy (non-hydrogen) atoms. The lowest BCUT2D eigenvalue weighted by atomic mass is 10.0. The molecule has 2 rings (SSSR count). The molecule has 0 bridgehead atoms. The Bertz CT molecular complexity index is 307. The fourth-order valence-corrected chi connectivity index (χ4v) is 3.31. The molecule has 0 spiro atoms. The number of nitrogens with zero attached hydrogens (tertiary/aromatic N) is 1. The third-order valence-corrected chi connectivity index (χ3v) is 4.45. The number of nitrogen functional groups attached to an aromatic ring is 1. The van der Waals surface area contributed by atoms with Gasteiger partial charge in [-0.2, -0.15) is 11.8 Å². The minimum absolute atomic E-state index is 0.728. The molecule has 1 aromatic rings. The number of thioether (sulfide) groups is 1. The summed E-state index contributed by atoms with van der Waals surface area (Å²) in [5.41, 5.74) is 3.83. The smallest absolute Gasteiger partial charge is 0.139 e. The molecule has 0 unspecified atom stereocenters. The van der Waals surface area contributed by atoms with Crippen molar-refractivity contribution in [2.24, 2.45) is 5.84 Å². The van der Waals surface area contributed by atoms with Crippen LogP contribution in [0, 0.1) is 0 Å². The first-order valence-electron chi connectivity index (χ1n) is 5.91. The maximum atomic E-state index is 5.27. The Kier molecular flexibility index (Phi) is 4.48. The van der Waals surface area contributed by atoms with Crippen LogP contribution >= 0.6 is 11.8 Å². The zero-order valence-corrected chi connectivity index (χ0v) is 10.3. The van der Waals surface area contributed by atoms with E-state index in [2.05, 4.69) is 28.2 Å². The molecule has 1 saturated carbocycles. The highest BCUT2D eigenvalue weighted by atomic mass is 32.2. The van der Waals surface area contributed by atoms with E-state index in [1.165, 1.54) is 37.7 Å². The van der Waals surface area contributed by atoms with Gasteiger partial charge in [0.15, 0.2) is 0 Å². The average molecular weight is 237 g/mol. The van der Waals surface area contributed by atoms with Crippen LogP contribution in [0.5, 0.6) is 0 Å². The van der Waals surface area contributed by atoms with Crippen LogP contribution in [0.15, 0.2) is 18.3 Å². The monoisotopic (exact) mass is 237 g/mol. The second kappa shape index (κ2) is 6.11. The van der Waals surface area contributed by atoms with Crippen LogP contribution in [0.25, 0.3) is 0 Å². The van der Waals surface area contributed by atoms with Crippen molar-refractivity contribution >= 4 is 17.6 Å². The summed E-state index contributed by atoms with van der Waals surface area (Å²) in [6.45, 7) is 0. The number of anilines is 1. The molecule has 1 aromatic heterocycles. The second-order valence-corrected chi connectivity index (χ2v) is 5.56. The Labute approximate surface area is 101 Å². The number of nitrogens with two attached hydrogens (primary N) is 1. The molecule has 0 aromatic carbocycles. The molecule has 3 N–H and O–H groups in total. The average Bonchev–Trinajstić information content (AvgIpc) is 2.38. The van der Waals surface area contributed by atoms with E-state index in [4.69, 9.17) is 5.84 Å². The highest BCUT2D eigenvalue weighted by Crippen LogP contribution is 2.30. The Morgan fingerprint density at radius 3 is 2.75 bits per heavy atom. The zero-order chi connectivity index (χ0) is 11.2. The molecule has 0 radical (unpaired) electrons. The molecule has 0 aliphatic heterocycles. The number of nitrogens with one attached hydrogen (secondary N) is 1. The summed E-state index contributed by atoms with van der Waals surface area (Å²) in [6.07, 6.45) is 8.93. The van der Waals surface area contributed by atoms with Gasteiger partial charge in [0.25, 0.3) is 0 Å². The van der Waals surface area contributed by atoms with Crippen molar-refractivity contribution in [2.75, 3.05) is 5.43 Å². The lowest BCUT2D eigenvalue weighted by Gasteiger charge is -2.20. The SMILES string of the molecule is NNc1ccc(CSC2CCCCC2)cn1. The predicted molar refractivity (Wildman–Crippen MR) is 70.2 cm³/mol. The van der Waals surface area contributed by atoms with Crippen molar-refractivity contribution < 1.29 is 0 Å². The highest BCUT2D eigenvalue weighted by molar-refractivity contribution is 7.99. The van der Waals surface area contributed by atoms with Crippen LogP contribution in [0.2, 0.25) is 0 Å². The molecule has 88 valence electrons. The Balaban J connectivity index is 1.79. The molecular formula is C12H19N3S. The molecule has 0 saturated heterocycles. The first-order valence-corrected chi connectivity index (χ1v) is 6.96. The lowest BCUT2D eigenvalue weighted by molar-refractivity contribution is 0.516. The normalized spacial score (nSPS) is 17.3. The molecule has 0 atom stereocenters. The third-order valence-electron chi connectivity index (χ3n) is 3.01. The van der Waals surface area contributed by atoms with Crippen molar-refractivity contribution in [3.63, 3.8) is 0 Å². The molecule has 1 fully saturated rings. The van der Waals surface area contributed by atoms with E-state index in [0.717, 1.165) is 16.8 Å². The topological polar surface area (TPSA) is 50.9 Å². The van der Waals surface area contributed by atoms with Gasteiger partial charge in [-0.3, -0.25) is 0 Å². The number of hydrogen-bond donors (Lipinski definition) is 2. The van der Waals surface area contributed by atoms with Gasteiger partial charge >= 0.3 is 0 Å². The van der Waals surface area contributed by atoms with E-state index in [1.54, 1.807) is 0 Å². The van der Waals surface area contributed by atoms with Crippen molar-refractivity contribution in [1.82, 2.24) is 4.98 Å². The molecule has 1 aliphatic carbocycles. The van der Waals surface area contributed by atoms with Gasteiger partial charge in [-0.25, -0.2) is 10.8 Å². The van der Waals surface area contributed by atoms with Crippen LogP contribution in [-0.2, 0) is 5.75 Å². The Hall–Kier alpha value is -0.740. The third kappa shape index (κ3) is 3.39. The van der Waals surface area contributed by atoms with E-state index in [1.807, 2.05) is 12.3 Å². The van der Waals surface area contributed by atoms with E-state index >= 15 is 0 Å². The van der Waals surface area contributed by atoms with E-state index in [-0.39, 0.29) is 0 Å². The van der Waals surface area contributed by atoms with E-state index < -0.39 is 0 Å². The lowest BCUT2D eigenvalue weighted by Crippen LogP contribution is -2.09. The van der Waals surface area contributed by atoms with Crippen LogP contribution in [0.1, 0.15) is 37.7 Å². The number of rotatable bonds is 4. The highest BCUT2D eigenvalue weighted by Gasteiger charge is 2.13. The minimum Gasteiger partial charge on any atom is -0.308 e. The first-order chi connectivity index (χ1) is 7.88. The van der Waals surface area contributed by atoms with Crippen LogP contribution < -0.4 is 11.3 Å².